The Hall–Kier alpha value is -3.32. The molecule has 158 valence electrons. The van der Waals surface area contributed by atoms with Crippen LogP contribution in [0.25, 0.3) is 11.3 Å². The first kappa shape index (κ1) is 19.6. The summed E-state index contributed by atoms with van der Waals surface area (Å²) in [7, 11) is 0. The molecule has 8 heteroatoms. The standard InChI is InChI=1S/C23H20ClN3O4/c24-16-8-15-9-17(31-23(15)18(10-16)19-12-25-5-6-26-19)11-27-22(28)4-2-14-1-3-20-21(7-14)30-13-29-20/h1,3,5-8,10,12,17H,2,4,9,11,13H2,(H,27,28)/t17-/m0/s1. The van der Waals surface area contributed by atoms with Crippen LogP contribution in [0.15, 0.2) is 48.9 Å². The van der Waals surface area contributed by atoms with Crippen LogP contribution in [0.4, 0.5) is 0 Å². The summed E-state index contributed by atoms with van der Waals surface area (Å²) in [4.78, 5) is 20.8. The van der Waals surface area contributed by atoms with Gasteiger partial charge < -0.3 is 19.5 Å². The van der Waals surface area contributed by atoms with Crippen LogP contribution in [-0.2, 0) is 17.6 Å². The van der Waals surface area contributed by atoms with Crippen molar-refractivity contribution in [2.24, 2.45) is 0 Å². The number of hydrogen-bond donors (Lipinski definition) is 1. The van der Waals surface area contributed by atoms with Crippen molar-refractivity contribution in [1.29, 1.82) is 0 Å². The maximum absolute atomic E-state index is 12.4. The summed E-state index contributed by atoms with van der Waals surface area (Å²) >= 11 is 6.30. The molecule has 5 rings (SSSR count). The van der Waals surface area contributed by atoms with Gasteiger partial charge in [0.2, 0.25) is 12.7 Å². The Bertz CT molecular complexity index is 1120. The smallest absolute Gasteiger partial charge is 0.231 e. The molecule has 7 nitrogen and oxygen atoms in total. The van der Waals surface area contributed by atoms with E-state index in [0.29, 0.717) is 36.5 Å². The van der Waals surface area contributed by atoms with E-state index < -0.39 is 0 Å². The minimum absolute atomic E-state index is 0.0237. The molecular formula is C23H20ClN3O4. The summed E-state index contributed by atoms with van der Waals surface area (Å²) in [5.74, 6) is 2.20. The molecule has 0 saturated carbocycles. The first-order valence-electron chi connectivity index (χ1n) is 10.1. The van der Waals surface area contributed by atoms with Gasteiger partial charge in [0.05, 0.1) is 18.4 Å². The zero-order chi connectivity index (χ0) is 21.2. The van der Waals surface area contributed by atoms with E-state index in [0.717, 1.165) is 33.9 Å². The molecule has 0 fully saturated rings. The lowest BCUT2D eigenvalue weighted by Gasteiger charge is -2.13. The fraction of sp³-hybridized carbons (Fsp3) is 0.261. The van der Waals surface area contributed by atoms with E-state index in [-0.39, 0.29) is 18.8 Å². The van der Waals surface area contributed by atoms with Crippen molar-refractivity contribution in [3.8, 4) is 28.5 Å². The second-order valence-corrected chi connectivity index (χ2v) is 7.90. The molecule has 1 atom stereocenters. The van der Waals surface area contributed by atoms with Crippen molar-refractivity contribution in [2.75, 3.05) is 13.3 Å². The number of ether oxygens (including phenoxy) is 3. The number of nitrogens with zero attached hydrogens (tertiary/aromatic N) is 2. The number of carbonyl (C=O) groups excluding carboxylic acids is 1. The van der Waals surface area contributed by atoms with E-state index in [2.05, 4.69) is 15.3 Å². The molecule has 2 aromatic carbocycles. The van der Waals surface area contributed by atoms with Gasteiger partial charge >= 0.3 is 0 Å². The van der Waals surface area contributed by atoms with Gasteiger partial charge in [-0.05, 0) is 36.2 Å². The molecule has 3 heterocycles. The highest BCUT2D eigenvalue weighted by atomic mass is 35.5. The number of rotatable bonds is 6. The van der Waals surface area contributed by atoms with E-state index in [1.54, 1.807) is 18.6 Å². The SMILES string of the molecule is O=C(CCc1ccc2c(c1)OCO2)NC[C@@H]1Cc2cc(Cl)cc(-c3cnccn3)c2O1. The molecule has 2 aliphatic rings. The Labute approximate surface area is 184 Å². The van der Waals surface area contributed by atoms with Gasteiger partial charge in [-0.3, -0.25) is 14.8 Å². The molecule has 0 aliphatic carbocycles. The highest BCUT2D eigenvalue weighted by molar-refractivity contribution is 6.31. The minimum Gasteiger partial charge on any atom is -0.487 e. The Morgan fingerprint density at radius 1 is 1.16 bits per heavy atom. The van der Waals surface area contributed by atoms with Gasteiger partial charge in [-0.15, -0.1) is 0 Å². The van der Waals surface area contributed by atoms with Crippen molar-refractivity contribution in [3.05, 3.63) is 65.1 Å². The highest BCUT2D eigenvalue weighted by Gasteiger charge is 2.27. The molecule has 0 bridgehead atoms. The number of fused-ring (bicyclic) bond motifs is 2. The largest absolute Gasteiger partial charge is 0.487 e. The third kappa shape index (κ3) is 4.27. The van der Waals surface area contributed by atoms with Crippen LogP contribution < -0.4 is 19.5 Å². The number of halogens is 1. The number of aromatic nitrogens is 2. The summed E-state index contributed by atoms with van der Waals surface area (Å²) in [6.45, 7) is 0.666. The second kappa shape index (κ2) is 8.43. The third-order valence-electron chi connectivity index (χ3n) is 5.31. The summed E-state index contributed by atoms with van der Waals surface area (Å²) in [5, 5.41) is 3.60. The van der Waals surface area contributed by atoms with E-state index in [1.807, 2.05) is 30.3 Å². The number of nitrogens with one attached hydrogen (secondary N) is 1. The zero-order valence-corrected chi connectivity index (χ0v) is 17.4. The van der Waals surface area contributed by atoms with E-state index >= 15 is 0 Å². The molecule has 3 aromatic rings. The molecule has 1 amide bonds. The fourth-order valence-electron chi connectivity index (χ4n) is 3.81. The second-order valence-electron chi connectivity index (χ2n) is 7.47. The van der Waals surface area contributed by atoms with Gasteiger partial charge in [-0.2, -0.15) is 0 Å². The lowest BCUT2D eigenvalue weighted by atomic mass is 10.0. The normalized spacial score (nSPS) is 16.0. The average Bonchev–Trinajstić information content (AvgIpc) is 3.42. The van der Waals surface area contributed by atoms with Gasteiger partial charge in [0.15, 0.2) is 11.5 Å². The lowest BCUT2D eigenvalue weighted by molar-refractivity contribution is -0.121. The van der Waals surface area contributed by atoms with Crippen molar-refractivity contribution in [1.82, 2.24) is 15.3 Å². The molecule has 31 heavy (non-hydrogen) atoms. The molecule has 1 N–H and O–H groups in total. The Balaban J connectivity index is 1.17. The summed E-state index contributed by atoms with van der Waals surface area (Å²) in [6, 6.07) is 9.48. The number of benzene rings is 2. The van der Waals surface area contributed by atoms with Crippen LogP contribution in [0, 0.1) is 0 Å². The lowest BCUT2D eigenvalue weighted by Crippen LogP contribution is -2.34. The summed E-state index contributed by atoms with van der Waals surface area (Å²) in [6.07, 6.45) is 6.47. The molecule has 0 saturated heterocycles. The zero-order valence-electron chi connectivity index (χ0n) is 16.6. The van der Waals surface area contributed by atoms with Crippen LogP contribution >= 0.6 is 11.6 Å². The Morgan fingerprint density at radius 2 is 2.06 bits per heavy atom. The fourth-order valence-corrected chi connectivity index (χ4v) is 4.05. The maximum atomic E-state index is 12.4. The number of aryl methyl sites for hydroxylation is 1. The topological polar surface area (TPSA) is 82.6 Å². The molecule has 2 aliphatic heterocycles. The van der Waals surface area contributed by atoms with E-state index in [9.17, 15) is 4.79 Å². The quantitative estimate of drug-likeness (QED) is 0.634. The molecule has 0 radical (unpaired) electrons. The Kier molecular flexibility index (Phi) is 5.34. The van der Waals surface area contributed by atoms with Crippen LogP contribution in [0.1, 0.15) is 17.5 Å². The first-order valence-corrected chi connectivity index (χ1v) is 10.4. The minimum atomic E-state index is -0.154. The van der Waals surface area contributed by atoms with Crippen molar-refractivity contribution in [3.63, 3.8) is 0 Å². The van der Waals surface area contributed by atoms with Crippen LogP contribution in [-0.4, -0.2) is 35.3 Å². The molecular weight excluding hydrogens is 418 g/mol. The predicted molar refractivity (Wildman–Crippen MR) is 114 cm³/mol. The third-order valence-corrected chi connectivity index (χ3v) is 5.52. The van der Waals surface area contributed by atoms with Gasteiger partial charge in [-0.25, -0.2) is 0 Å². The van der Waals surface area contributed by atoms with Crippen molar-refractivity contribution in [2.45, 2.75) is 25.4 Å². The van der Waals surface area contributed by atoms with Gasteiger partial charge in [0, 0.05) is 41.4 Å². The number of amides is 1. The molecule has 0 spiro atoms. The van der Waals surface area contributed by atoms with Gasteiger partial charge in [-0.1, -0.05) is 17.7 Å². The van der Waals surface area contributed by atoms with Crippen LogP contribution in [0.3, 0.4) is 0 Å². The van der Waals surface area contributed by atoms with Crippen LogP contribution in [0.5, 0.6) is 17.2 Å². The average molecular weight is 438 g/mol. The first-order chi connectivity index (χ1) is 15.2. The van der Waals surface area contributed by atoms with Crippen molar-refractivity contribution < 1.29 is 19.0 Å². The monoisotopic (exact) mass is 437 g/mol. The summed E-state index contributed by atoms with van der Waals surface area (Å²) in [5.41, 5.74) is 3.56. The van der Waals surface area contributed by atoms with Crippen LogP contribution in [0.2, 0.25) is 5.02 Å². The van der Waals surface area contributed by atoms with Gasteiger partial charge in [0.25, 0.3) is 0 Å². The predicted octanol–water partition coefficient (Wildman–Crippen LogP) is 3.58. The maximum Gasteiger partial charge on any atom is 0.231 e. The van der Waals surface area contributed by atoms with Gasteiger partial charge in [0.1, 0.15) is 11.9 Å². The Morgan fingerprint density at radius 3 is 2.94 bits per heavy atom. The number of carbonyl (C=O) groups is 1. The number of hydrogen-bond acceptors (Lipinski definition) is 6. The van der Waals surface area contributed by atoms with Crippen molar-refractivity contribution >= 4 is 17.5 Å². The van der Waals surface area contributed by atoms with E-state index in [4.69, 9.17) is 25.8 Å². The molecule has 1 aromatic heterocycles. The summed E-state index contributed by atoms with van der Waals surface area (Å²) < 4.78 is 16.8. The highest BCUT2D eigenvalue weighted by Crippen LogP contribution is 2.40. The van der Waals surface area contributed by atoms with E-state index in [1.165, 1.54) is 0 Å². The molecule has 0 unspecified atom stereocenters.